The first kappa shape index (κ1) is 16.0. The van der Waals surface area contributed by atoms with Gasteiger partial charge in [0.25, 0.3) is 0 Å². The van der Waals surface area contributed by atoms with Gasteiger partial charge in [-0.25, -0.2) is 0 Å². The van der Waals surface area contributed by atoms with Crippen molar-refractivity contribution in [3.05, 3.63) is 45.8 Å². The molecule has 4 rings (SSSR count). The highest BCUT2D eigenvalue weighted by Crippen LogP contribution is 2.26. The van der Waals surface area contributed by atoms with Gasteiger partial charge in [0.1, 0.15) is 0 Å². The van der Waals surface area contributed by atoms with Crippen molar-refractivity contribution < 1.29 is 4.52 Å². The van der Waals surface area contributed by atoms with Crippen molar-refractivity contribution in [1.82, 2.24) is 19.9 Å². The summed E-state index contributed by atoms with van der Waals surface area (Å²) >= 11 is 3.47. The van der Waals surface area contributed by atoms with Crippen LogP contribution in [0.2, 0.25) is 0 Å². The molecule has 0 radical (unpaired) electrons. The zero-order valence-electron chi connectivity index (χ0n) is 13.6. The van der Waals surface area contributed by atoms with Crippen LogP contribution in [0.25, 0.3) is 10.7 Å². The summed E-state index contributed by atoms with van der Waals surface area (Å²) in [5.41, 5.74) is 0. The number of hydrogen-bond acceptors (Lipinski definition) is 7. The molecule has 1 atom stereocenters. The van der Waals surface area contributed by atoms with Gasteiger partial charge >= 0.3 is 0 Å². The lowest BCUT2D eigenvalue weighted by atomic mass is 10.2. The number of thiophene rings is 2. The Kier molecular flexibility index (Phi) is 4.75. The monoisotopic (exact) mass is 360 g/mol. The summed E-state index contributed by atoms with van der Waals surface area (Å²) in [5.74, 6) is 1.41. The maximum atomic E-state index is 5.51. The molecule has 1 aliphatic rings. The van der Waals surface area contributed by atoms with E-state index in [2.05, 4.69) is 44.4 Å². The Morgan fingerprint density at radius 1 is 1.12 bits per heavy atom. The van der Waals surface area contributed by atoms with Gasteiger partial charge in [0, 0.05) is 37.6 Å². The average Bonchev–Trinajstić information content (AvgIpc) is 3.36. The molecule has 0 spiro atoms. The summed E-state index contributed by atoms with van der Waals surface area (Å²) in [6.07, 6.45) is 0. The van der Waals surface area contributed by atoms with Gasteiger partial charge in [-0.1, -0.05) is 17.3 Å². The van der Waals surface area contributed by atoms with Crippen molar-refractivity contribution >= 4 is 22.7 Å². The fourth-order valence-corrected chi connectivity index (χ4v) is 4.39. The largest absolute Gasteiger partial charge is 0.337 e. The van der Waals surface area contributed by atoms with E-state index in [1.165, 1.54) is 4.88 Å². The molecule has 24 heavy (non-hydrogen) atoms. The molecule has 0 amide bonds. The van der Waals surface area contributed by atoms with Gasteiger partial charge in [-0.2, -0.15) is 4.98 Å². The minimum Gasteiger partial charge on any atom is -0.337 e. The van der Waals surface area contributed by atoms with E-state index in [4.69, 9.17) is 4.52 Å². The summed E-state index contributed by atoms with van der Waals surface area (Å²) in [6.45, 7) is 7.43. The fourth-order valence-electron chi connectivity index (χ4n) is 3.00. The molecule has 0 aliphatic carbocycles. The van der Waals surface area contributed by atoms with Gasteiger partial charge in [0.2, 0.25) is 11.7 Å². The molecule has 0 aromatic carbocycles. The Labute approximate surface area is 149 Å². The zero-order chi connectivity index (χ0) is 16.4. The molecule has 3 aromatic rings. The maximum absolute atomic E-state index is 5.51. The molecule has 0 saturated carbocycles. The van der Waals surface area contributed by atoms with Crippen molar-refractivity contribution in [2.24, 2.45) is 0 Å². The Hall–Kier alpha value is -1.54. The van der Waals surface area contributed by atoms with Crippen LogP contribution in [0.5, 0.6) is 0 Å². The first-order valence-electron chi connectivity index (χ1n) is 8.16. The summed E-state index contributed by atoms with van der Waals surface area (Å²) in [6, 6.07) is 8.53. The number of hydrogen-bond donors (Lipinski definition) is 0. The molecule has 1 saturated heterocycles. The molecule has 0 bridgehead atoms. The normalized spacial score (nSPS) is 18.0. The number of rotatable bonds is 5. The number of nitrogens with zero attached hydrogens (tertiary/aromatic N) is 4. The smallest absolute Gasteiger partial charge is 0.244 e. The standard InChI is InChI=1S/C17H20N4OS2/c1-13(17-18-16(19-22-17)15-5-3-11-24-15)21-8-6-20(7-9-21)12-14-4-2-10-23-14/h2-5,10-11,13H,6-9,12H2,1H3. The third kappa shape index (κ3) is 3.44. The molecule has 5 nitrogen and oxygen atoms in total. The van der Waals surface area contributed by atoms with Crippen LogP contribution in [0.15, 0.2) is 39.5 Å². The molecular formula is C17H20N4OS2. The van der Waals surface area contributed by atoms with Gasteiger partial charge in [0.15, 0.2) is 0 Å². The Morgan fingerprint density at radius 2 is 1.92 bits per heavy atom. The summed E-state index contributed by atoms with van der Waals surface area (Å²) < 4.78 is 5.51. The van der Waals surface area contributed by atoms with E-state index in [0.29, 0.717) is 11.7 Å². The summed E-state index contributed by atoms with van der Waals surface area (Å²) in [5, 5.41) is 8.30. The Bertz CT molecular complexity index is 746. The molecule has 1 unspecified atom stereocenters. The van der Waals surface area contributed by atoms with Crippen LogP contribution in [-0.4, -0.2) is 46.1 Å². The van der Waals surface area contributed by atoms with E-state index in [1.54, 1.807) is 11.3 Å². The molecule has 126 valence electrons. The first-order valence-corrected chi connectivity index (χ1v) is 9.92. The minimum absolute atomic E-state index is 0.162. The van der Waals surface area contributed by atoms with E-state index in [1.807, 2.05) is 28.8 Å². The van der Waals surface area contributed by atoms with Gasteiger partial charge in [-0.05, 0) is 29.8 Å². The zero-order valence-corrected chi connectivity index (χ0v) is 15.2. The van der Waals surface area contributed by atoms with E-state index in [-0.39, 0.29) is 6.04 Å². The second-order valence-electron chi connectivity index (χ2n) is 6.00. The quantitative estimate of drug-likeness (QED) is 0.694. The number of aromatic nitrogens is 2. The van der Waals surface area contributed by atoms with Crippen molar-refractivity contribution in [3.8, 4) is 10.7 Å². The van der Waals surface area contributed by atoms with E-state index < -0.39 is 0 Å². The van der Waals surface area contributed by atoms with Crippen LogP contribution < -0.4 is 0 Å². The molecular weight excluding hydrogens is 340 g/mol. The van der Waals surface area contributed by atoms with Crippen LogP contribution in [0.1, 0.15) is 23.7 Å². The Morgan fingerprint density at radius 3 is 2.62 bits per heavy atom. The van der Waals surface area contributed by atoms with Crippen molar-refractivity contribution in [2.75, 3.05) is 26.2 Å². The molecule has 7 heteroatoms. The van der Waals surface area contributed by atoms with E-state index >= 15 is 0 Å². The van der Waals surface area contributed by atoms with Crippen LogP contribution in [0.3, 0.4) is 0 Å². The highest BCUT2D eigenvalue weighted by atomic mass is 32.1. The van der Waals surface area contributed by atoms with Crippen molar-refractivity contribution in [1.29, 1.82) is 0 Å². The van der Waals surface area contributed by atoms with Gasteiger partial charge in [-0.15, -0.1) is 22.7 Å². The van der Waals surface area contributed by atoms with Crippen LogP contribution in [0, 0.1) is 0 Å². The van der Waals surface area contributed by atoms with Crippen molar-refractivity contribution in [3.63, 3.8) is 0 Å². The predicted molar refractivity (Wildman–Crippen MR) is 97.2 cm³/mol. The highest BCUT2D eigenvalue weighted by Gasteiger charge is 2.26. The van der Waals surface area contributed by atoms with Crippen LogP contribution in [0.4, 0.5) is 0 Å². The topological polar surface area (TPSA) is 45.4 Å². The molecule has 1 aliphatic heterocycles. The van der Waals surface area contributed by atoms with E-state index in [9.17, 15) is 0 Å². The average molecular weight is 361 g/mol. The number of piperazine rings is 1. The predicted octanol–water partition coefficient (Wildman–Crippen LogP) is 3.74. The highest BCUT2D eigenvalue weighted by molar-refractivity contribution is 7.13. The lowest BCUT2D eigenvalue weighted by Crippen LogP contribution is -2.46. The lowest BCUT2D eigenvalue weighted by molar-refractivity contribution is 0.0851. The van der Waals surface area contributed by atoms with Crippen LogP contribution >= 0.6 is 22.7 Å². The summed E-state index contributed by atoms with van der Waals surface area (Å²) in [4.78, 5) is 12.0. The minimum atomic E-state index is 0.162. The first-order chi connectivity index (χ1) is 11.8. The van der Waals surface area contributed by atoms with Gasteiger partial charge in [-0.3, -0.25) is 9.80 Å². The third-order valence-electron chi connectivity index (χ3n) is 4.45. The van der Waals surface area contributed by atoms with E-state index in [0.717, 1.165) is 37.6 Å². The maximum Gasteiger partial charge on any atom is 0.244 e. The van der Waals surface area contributed by atoms with Gasteiger partial charge in [0.05, 0.1) is 10.9 Å². The second kappa shape index (κ2) is 7.14. The van der Waals surface area contributed by atoms with Gasteiger partial charge < -0.3 is 4.52 Å². The third-order valence-corrected chi connectivity index (χ3v) is 6.18. The van der Waals surface area contributed by atoms with Crippen molar-refractivity contribution in [2.45, 2.75) is 19.5 Å². The van der Waals surface area contributed by atoms with Crippen LogP contribution in [-0.2, 0) is 6.54 Å². The molecule has 0 N–H and O–H groups in total. The molecule has 1 fully saturated rings. The fraction of sp³-hybridized carbons (Fsp3) is 0.412. The summed E-state index contributed by atoms with van der Waals surface area (Å²) in [7, 11) is 0. The molecule has 4 heterocycles. The Balaban J connectivity index is 1.35. The molecule has 3 aromatic heterocycles. The SMILES string of the molecule is CC(c1nc(-c2cccs2)no1)N1CCN(Cc2cccs2)CC1. The second-order valence-corrected chi connectivity index (χ2v) is 7.98. The lowest BCUT2D eigenvalue weighted by Gasteiger charge is -2.36.